The van der Waals surface area contributed by atoms with E-state index in [0.29, 0.717) is 36.3 Å². The Morgan fingerprint density at radius 1 is 1.38 bits per heavy atom. The van der Waals surface area contributed by atoms with E-state index in [1.807, 2.05) is 18.7 Å². The summed E-state index contributed by atoms with van der Waals surface area (Å²) in [5.41, 5.74) is 0.306. The molecule has 1 atom stereocenters. The molecule has 1 saturated heterocycles. The zero-order valence-electron chi connectivity index (χ0n) is 13.4. The van der Waals surface area contributed by atoms with Gasteiger partial charge in [-0.3, -0.25) is 5.32 Å². The molecule has 124 valence electrons. The second-order valence-corrected chi connectivity index (χ2v) is 6.77. The summed E-state index contributed by atoms with van der Waals surface area (Å²) >= 11 is 1.45. The lowest BCUT2D eigenvalue weighted by Gasteiger charge is -2.40. The van der Waals surface area contributed by atoms with Crippen LogP contribution in [0.15, 0.2) is 18.6 Å². The van der Waals surface area contributed by atoms with Gasteiger partial charge in [0.15, 0.2) is 16.6 Å². The lowest BCUT2D eigenvalue weighted by Crippen LogP contribution is -2.55. The van der Waals surface area contributed by atoms with E-state index in [-0.39, 0.29) is 12.1 Å². The van der Waals surface area contributed by atoms with Crippen LogP contribution in [0.25, 0.3) is 0 Å². The number of carbonyl (C=O) groups is 1. The van der Waals surface area contributed by atoms with E-state index < -0.39 is 0 Å². The van der Waals surface area contributed by atoms with Crippen LogP contribution in [0.3, 0.4) is 0 Å². The molecule has 1 aliphatic rings. The average molecular weight is 343 g/mol. The normalized spacial score (nSPS) is 17.5. The van der Waals surface area contributed by atoms with Crippen LogP contribution < -0.4 is 10.2 Å². The first-order valence-corrected chi connectivity index (χ1v) is 8.36. The summed E-state index contributed by atoms with van der Waals surface area (Å²) in [6, 6.07) is 1.89. The van der Waals surface area contributed by atoms with Gasteiger partial charge in [-0.2, -0.15) is 5.26 Å². The molecule has 3 heterocycles. The van der Waals surface area contributed by atoms with Gasteiger partial charge in [-0.15, -0.1) is 11.3 Å². The predicted octanol–water partition coefficient (Wildman–Crippen LogP) is 1.86. The monoisotopic (exact) mass is 343 g/mol. The molecular weight excluding hydrogens is 326 g/mol. The second kappa shape index (κ2) is 6.80. The zero-order valence-corrected chi connectivity index (χ0v) is 14.2. The summed E-state index contributed by atoms with van der Waals surface area (Å²) in [5, 5.41) is 12.6. The molecule has 1 aliphatic heterocycles. The fourth-order valence-electron chi connectivity index (χ4n) is 2.67. The van der Waals surface area contributed by atoms with Crippen LogP contribution in [-0.2, 0) is 0 Å². The number of urea groups is 1. The number of anilines is 2. The molecule has 0 aliphatic carbocycles. The van der Waals surface area contributed by atoms with Crippen LogP contribution in [0.4, 0.5) is 15.7 Å². The van der Waals surface area contributed by atoms with Crippen molar-refractivity contribution in [2.24, 2.45) is 0 Å². The van der Waals surface area contributed by atoms with E-state index in [4.69, 9.17) is 5.26 Å². The molecule has 0 saturated carbocycles. The standard InChI is InChI=1S/C15H17N7OS/c1-10-9-21(13-12(7-16)17-3-4-18-13)5-6-22(10)15(23)20-14-19-8-11(2)24-14/h3-4,8,10H,5-6,9H2,1-2H3,(H,19,20,23). The first kappa shape index (κ1) is 16.1. The van der Waals surface area contributed by atoms with Gasteiger partial charge in [0.2, 0.25) is 0 Å². The molecule has 9 heteroatoms. The third-order valence-electron chi connectivity index (χ3n) is 3.81. The minimum absolute atomic E-state index is 0.0200. The van der Waals surface area contributed by atoms with Crippen molar-refractivity contribution >= 4 is 28.3 Å². The third kappa shape index (κ3) is 3.28. The molecule has 8 nitrogen and oxygen atoms in total. The Morgan fingerprint density at radius 2 is 2.17 bits per heavy atom. The molecular formula is C15H17N7OS. The topological polar surface area (TPSA) is 98.0 Å². The number of hydrogen-bond acceptors (Lipinski definition) is 7. The van der Waals surface area contributed by atoms with Crippen LogP contribution in [0, 0.1) is 18.3 Å². The second-order valence-electron chi connectivity index (χ2n) is 5.54. The molecule has 0 aromatic carbocycles. The first-order chi connectivity index (χ1) is 11.6. The van der Waals surface area contributed by atoms with Crippen molar-refractivity contribution in [3.8, 4) is 6.07 Å². The van der Waals surface area contributed by atoms with Crippen molar-refractivity contribution in [3.63, 3.8) is 0 Å². The van der Waals surface area contributed by atoms with Crippen molar-refractivity contribution in [3.05, 3.63) is 29.2 Å². The highest BCUT2D eigenvalue weighted by atomic mass is 32.1. The molecule has 0 bridgehead atoms. The molecule has 1 N–H and O–H groups in total. The Hall–Kier alpha value is -2.73. The maximum absolute atomic E-state index is 12.4. The summed E-state index contributed by atoms with van der Waals surface area (Å²) in [4.78, 5) is 29.7. The van der Waals surface area contributed by atoms with E-state index in [1.165, 1.54) is 17.5 Å². The van der Waals surface area contributed by atoms with E-state index in [0.717, 1.165) is 4.88 Å². The highest BCUT2D eigenvalue weighted by molar-refractivity contribution is 7.15. The number of hydrogen-bond donors (Lipinski definition) is 1. The zero-order chi connectivity index (χ0) is 17.1. The summed E-state index contributed by atoms with van der Waals surface area (Å²) in [7, 11) is 0. The third-order valence-corrected chi connectivity index (χ3v) is 4.64. The highest BCUT2D eigenvalue weighted by Crippen LogP contribution is 2.21. The van der Waals surface area contributed by atoms with Gasteiger partial charge >= 0.3 is 6.03 Å². The predicted molar refractivity (Wildman–Crippen MR) is 91.0 cm³/mol. The van der Waals surface area contributed by atoms with Gasteiger partial charge in [-0.25, -0.2) is 19.7 Å². The molecule has 2 aromatic rings. The van der Waals surface area contributed by atoms with E-state index in [2.05, 4.69) is 26.3 Å². The van der Waals surface area contributed by atoms with Crippen LogP contribution in [0.5, 0.6) is 0 Å². The van der Waals surface area contributed by atoms with Crippen LogP contribution in [0.2, 0.25) is 0 Å². The average Bonchev–Trinajstić information content (AvgIpc) is 2.99. The number of piperazine rings is 1. The SMILES string of the molecule is Cc1cnc(NC(=O)N2CCN(c3nccnc3C#N)CC2C)s1. The number of nitrogens with zero attached hydrogens (tertiary/aromatic N) is 6. The number of carbonyl (C=O) groups excluding carboxylic acids is 1. The first-order valence-electron chi connectivity index (χ1n) is 7.54. The number of aryl methyl sites for hydroxylation is 1. The van der Waals surface area contributed by atoms with Crippen molar-refractivity contribution in [2.45, 2.75) is 19.9 Å². The van der Waals surface area contributed by atoms with Crippen molar-refractivity contribution in [1.82, 2.24) is 19.9 Å². The molecule has 1 fully saturated rings. The van der Waals surface area contributed by atoms with Gasteiger partial charge in [0.25, 0.3) is 0 Å². The molecule has 0 spiro atoms. The van der Waals surface area contributed by atoms with E-state index >= 15 is 0 Å². The van der Waals surface area contributed by atoms with Crippen molar-refractivity contribution in [1.29, 1.82) is 5.26 Å². The Labute approximate surface area is 143 Å². The Kier molecular flexibility index (Phi) is 4.57. The van der Waals surface area contributed by atoms with Crippen LogP contribution >= 0.6 is 11.3 Å². The minimum atomic E-state index is -0.156. The number of aromatic nitrogens is 3. The van der Waals surface area contributed by atoms with Crippen molar-refractivity contribution < 1.29 is 4.79 Å². The molecule has 2 aromatic heterocycles. The number of thiazole rings is 1. The summed E-state index contributed by atoms with van der Waals surface area (Å²) < 4.78 is 0. The fraction of sp³-hybridized carbons (Fsp3) is 0.400. The highest BCUT2D eigenvalue weighted by Gasteiger charge is 2.29. The Morgan fingerprint density at radius 3 is 2.83 bits per heavy atom. The van der Waals surface area contributed by atoms with Gasteiger partial charge in [-0.05, 0) is 13.8 Å². The smallest absolute Gasteiger partial charge is 0.324 e. The lowest BCUT2D eigenvalue weighted by molar-refractivity contribution is 0.184. The molecule has 2 amide bonds. The Balaban J connectivity index is 1.67. The van der Waals surface area contributed by atoms with E-state index in [1.54, 1.807) is 17.3 Å². The Bertz CT molecular complexity index is 784. The number of amides is 2. The number of nitrogens with one attached hydrogen (secondary N) is 1. The summed E-state index contributed by atoms with van der Waals surface area (Å²) in [6.45, 7) is 5.65. The van der Waals surface area contributed by atoms with E-state index in [9.17, 15) is 4.79 Å². The fourth-order valence-corrected chi connectivity index (χ4v) is 3.32. The van der Waals surface area contributed by atoms with Gasteiger partial charge in [0, 0.05) is 49.1 Å². The summed E-state index contributed by atoms with van der Waals surface area (Å²) in [6.07, 6.45) is 4.81. The van der Waals surface area contributed by atoms with Crippen LogP contribution in [-0.4, -0.2) is 51.6 Å². The molecule has 3 rings (SSSR count). The molecule has 0 radical (unpaired) electrons. The molecule has 24 heavy (non-hydrogen) atoms. The quantitative estimate of drug-likeness (QED) is 0.894. The van der Waals surface area contributed by atoms with Gasteiger partial charge in [0.05, 0.1) is 0 Å². The van der Waals surface area contributed by atoms with Gasteiger partial charge < -0.3 is 9.80 Å². The van der Waals surface area contributed by atoms with Gasteiger partial charge in [-0.1, -0.05) is 0 Å². The number of nitriles is 1. The van der Waals surface area contributed by atoms with Gasteiger partial charge in [0.1, 0.15) is 6.07 Å². The van der Waals surface area contributed by atoms with Crippen LogP contribution in [0.1, 0.15) is 17.5 Å². The lowest BCUT2D eigenvalue weighted by atomic mass is 10.2. The summed E-state index contributed by atoms with van der Waals surface area (Å²) in [5.74, 6) is 0.572. The number of rotatable bonds is 2. The molecule has 1 unspecified atom stereocenters. The van der Waals surface area contributed by atoms with Crippen molar-refractivity contribution in [2.75, 3.05) is 29.9 Å². The minimum Gasteiger partial charge on any atom is -0.350 e. The maximum atomic E-state index is 12.4. The maximum Gasteiger partial charge on any atom is 0.324 e. The largest absolute Gasteiger partial charge is 0.350 e.